The minimum absolute atomic E-state index is 0.632. The van der Waals surface area contributed by atoms with E-state index < -0.39 is 0 Å². The van der Waals surface area contributed by atoms with Crippen LogP contribution in [0.4, 0.5) is 5.95 Å². The van der Waals surface area contributed by atoms with Crippen molar-refractivity contribution in [1.82, 2.24) is 9.97 Å². The molecule has 2 atom stereocenters. The predicted octanol–water partition coefficient (Wildman–Crippen LogP) is 1.50. The molecule has 2 aliphatic rings. The van der Waals surface area contributed by atoms with Gasteiger partial charge in [-0.2, -0.15) is 0 Å². The minimum atomic E-state index is 0.632. The van der Waals surface area contributed by atoms with E-state index in [0.29, 0.717) is 11.8 Å². The normalized spacial score (nSPS) is 32.6. The number of ether oxygens (including phenoxy) is 1. The smallest absolute Gasteiger partial charge is 0.225 e. The average molecular weight is 233 g/mol. The van der Waals surface area contributed by atoms with E-state index >= 15 is 0 Å². The third kappa shape index (κ3) is 2.02. The van der Waals surface area contributed by atoms with Gasteiger partial charge < -0.3 is 9.64 Å². The summed E-state index contributed by atoms with van der Waals surface area (Å²) in [7, 11) is 0. The number of fused-ring (bicyclic) bond motifs is 2. The van der Waals surface area contributed by atoms with Crippen molar-refractivity contribution in [2.24, 2.45) is 17.8 Å². The van der Waals surface area contributed by atoms with Gasteiger partial charge in [0.05, 0.1) is 13.2 Å². The Balaban J connectivity index is 1.79. The van der Waals surface area contributed by atoms with Crippen LogP contribution in [0.1, 0.15) is 12.5 Å². The van der Waals surface area contributed by atoms with E-state index in [2.05, 4.69) is 21.8 Å². The van der Waals surface area contributed by atoms with Crippen molar-refractivity contribution in [3.8, 4) is 0 Å². The Morgan fingerprint density at radius 2 is 1.76 bits per heavy atom. The Labute approximate surface area is 102 Å². The van der Waals surface area contributed by atoms with Crippen LogP contribution in [0, 0.1) is 24.7 Å². The fourth-order valence-electron chi connectivity index (χ4n) is 2.85. The molecule has 2 aliphatic heterocycles. The lowest BCUT2D eigenvalue weighted by Gasteiger charge is -2.45. The molecule has 0 radical (unpaired) electrons. The van der Waals surface area contributed by atoms with Gasteiger partial charge in [-0.05, 0) is 18.4 Å². The largest absolute Gasteiger partial charge is 0.381 e. The van der Waals surface area contributed by atoms with E-state index in [1.54, 1.807) is 0 Å². The Morgan fingerprint density at radius 1 is 1.18 bits per heavy atom. The molecular formula is C13H19N3O. The third-order valence-corrected chi connectivity index (χ3v) is 4.11. The van der Waals surface area contributed by atoms with E-state index in [4.69, 9.17) is 4.74 Å². The van der Waals surface area contributed by atoms with Crippen molar-refractivity contribution in [1.29, 1.82) is 0 Å². The summed E-state index contributed by atoms with van der Waals surface area (Å²) in [5.74, 6) is 2.91. The Bertz CT molecular complexity index is 378. The number of aryl methyl sites for hydroxylation is 1. The molecule has 0 amide bonds. The van der Waals surface area contributed by atoms with E-state index in [0.717, 1.165) is 43.7 Å². The third-order valence-electron chi connectivity index (χ3n) is 4.11. The zero-order valence-corrected chi connectivity index (χ0v) is 10.5. The Kier molecular flexibility index (Phi) is 2.74. The van der Waals surface area contributed by atoms with Crippen molar-refractivity contribution in [2.45, 2.75) is 13.8 Å². The Morgan fingerprint density at radius 3 is 2.35 bits per heavy atom. The van der Waals surface area contributed by atoms with Gasteiger partial charge in [-0.25, -0.2) is 9.97 Å². The van der Waals surface area contributed by atoms with Crippen LogP contribution in [0.3, 0.4) is 0 Å². The highest BCUT2D eigenvalue weighted by Crippen LogP contribution is 2.33. The SMILES string of the molecule is Cc1cnc(N2CC3COCC(C2)C3C)nc1. The molecule has 2 saturated heterocycles. The van der Waals surface area contributed by atoms with Gasteiger partial charge in [0.1, 0.15) is 0 Å². The van der Waals surface area contributed by atoms with Gasteiger partial charge in [-0.3, -0.25) is 0 Å². The predicted molar refractivity (Wildman–Crippen MR) is 65.9 cm³/mol. The molecule has 4 nitrogen and oxygen atoms in total. The zero-order valence-electron chi connectivity index (χ0n) is 10.5. The minimum Gasteiger partial charge on any atom is -0.381 e. The van der Waals surface area contributed by atoms with Crippen LogP contribution in [-0.2, 0) is 4.74 Å². The molecule has 2 bridgehead atoms. The number of aromatic nitrogens is 2. The number of hydrogen-bond donors (Lipinski definition) is 0. The topological polar surface area (TPSA) is 38.2 Å². The lowest BCUT2D eigenvalue weighted by atomic mass is 9.78. The first-order chi connectivity index (χ1) is 8.24. The van der Waals surface area contributed by atoms with Gasteiger partial charge in [-0.1, -0.05) is 6.92 Å². The molecule has 3 heterocycles. The fraction of sp³-hybridized carbons (Fsp3) is 0.692. The van der Waals surface area contributed by atoms with Crippen molar-refractivity contribution in [2.75, 3.05) is 31.2 Å². The van der Waals surface area contributed by atoms with Gasteiger partial charge in [0, 0.05) is 37.3 Å². The van der Waals surface area contributed by atoms with Crippen LogP contribution >= 0.6 is 0 Å². The van der Waals surface area contributed by atoms with Crippen LogP contribution in [0.25, 0.3) is 0 Å². The van der Waals surface area contributed by atoms with E-state index in [9.17, 15) is 0 Å². The van der Waals surface area contributed by atoms with Gasteiger partial charge in [-0.15, -0.1) is 0 Å². The van der Waals surface area contributed by atoms with Gasteiger partial charge in [0.15, 0.2) is 0 Å². The highest BCUT2D eigenvalue weighted by Gasteiger charge is 2.38. The number of hydrogen-bond acceptors (Lipinski definition) is 4. The molecule has 0 N–H and O–H groups in total. The molecule has 0 saturated carbocycles. The molecule has 2 fully saturated rings. The van der Waals surface area contributed by atoms with Gasteiger partial charge in [0.2, 0.25) is 5.95 Å². The van der Waals surface area contributed by atoms with Gasteiger partial charge in [0.25, 0.3) is 0 Å². The summed E-state index contributed by atoms with van der Waals surface area (Å²) < 4.78 is 5.64. The molecule has 92 valence electrons. The summed E-state index contributed by atoms with van der Waals surface area (Å²) in [4.78, 5) is 11.2. The lowest BCUT2D eigenvalue weighted by molar-refractivity contribution is -0.0321. The number of anilines is 1. The van der Waals surface area contributed by atoms with Crippen molar-refractivity contribution in [3.05, 3.63) is 18.0 Å². The maximum atomic E-state index is 5.64. The van der Waals surface area contributed by atoms with Crippen LogP contribution in [0.15, 0.2) is 12.4 Å². The van der Waals surface area contributed by atoms with Crippen LogP contribution in [-0.4, -0.2) is 36.3 Å². The van der Waals surface area contributed by atoms with Crippen molar-refractivity contribution >= 4 is 5.95 Å². The van der Waals surface area contributed by atoms with Crippen molar-refractivity contribution in [3.63, 3.8) is 0 Å². The molecule has 1 aromatic heterocycles. The summed E-state index contributed by atoms with van der Waals surface area (Å²) in [5, 5.41) is 0. The molecule has 0 aromatic carbocycles. The average Bonchev–Trinajstić information content (AvgIpc) is 2.30. The maximum Gasteiger partial charge on any atom is 0.225 e. The number of rotatable bonds is 1. The zero-order chi connectivity index (χ0) is 11.8. The second kappa shape index (κ2) is 4.26. The second-order valence-electron chi connectivity index (χ2n) is 5.38. The summed E-state index contributed by atoms with van der Waals surface area (Å²) in [5.41, 5.74) is 1.11. The van der Waals surface area contributed by atoms with Crippen LogP contribution in [0.2, 0.25) is 0 Å². The monoisotopic (exact) mass is 233 g/mol. The fourth-order valence-corrected chi connectivity index (χ4v) is 2.85. The van der Waals surface area contributed by atoms with Crippen LogP contribution < -0.4 is 4.90 Å². The summed E-state index contributed by atoms with van der Waals surface area (Å²) in [6.45, 7) is 8.21. The summed E-state index contributed by atoms with van der Waals surface area (Å²) >= 11 is 0. The van der Waals surface area contributed by atoms with E-state index in [-0.39, 0.29) is 0 Å². The summed E-state index contributed by atoms with van der Waals surface area (Å²) in [6, 6.07) is 0. The molecule has 17 heavy (non-hydrogen) atoms. The highest BCUT2D eigenvalue weighted by molar-refractivity contribution is 5.31. The van der Waals surface area contributed by atoms with Gasteiger partial charge >= 0.3 is 0 Å². The molecular weight excluding hydrogens is 214 g/mol. The van der Waals surface area contributed by atoms with Crippen LogP contribution in [0.5, 0.6) is 0 Å². The van der Waals surface area contributed by atoms with Crippen molar-refractivity contribution < 1.29 is 4.74 Å². The number of nitrogens with zero attached hydrogens (tertiary/aromatic N) is 3. The van der Waals surface area contributed by atoms with E-state index in [1.165, 1.54) is 0 Å². The second-order valence-corrected chi connectivity index (χ2v) is 5.38. The maximum absolute atomic E-state index is 5.64. The lowest BCUT2D eigenvalue weighted by Crippen LogP contribution is -2.52. The standard InChI is InChI=1S/C13H19N3O/c1-9-3-14-13(15-4-9)16-5-11-7-17-8-12(6-16)10(11)2/h3-4,10-12H,5-8H2,1-2H3. The molecule has 1 aromatic rings. The van der Waals surface area contributed by atoms with E-state index in [1.807, 2.05) is 19.3 Å². The Hall–Kier alpha value is -1.16. The summed E-state index contributed by atoms with van der Waals surface area (Å²) in [6.07, 6.45) is 3.79. The molecule has 0 aliphatic carbocycles. The quantitative estimate of drug-likeness (QED) is 0.737. The number of piperidine rings is 1. The first-order valence-corrected chi connectivity index (χ1v) is 6.35. The molecule has 4 heteroatoms. The first kappa shape index (κ1) is 11.0. The molecule has 2 unspecified atom stereocenters. The molecule has 0 spiro atoms. The first-order valence-electron chi connectivity index (χ1n) is 6.35. The highest BCUT2D eigenvalue weighted by atomic mass is 16.5. The molecule has 3 rings (SSSR count).